The molecule has 0 saturated heterocycles. The Morgan fingerprint density at radius 1 is 1.17 bits per heavy atom. The fourth-order valence-corrected chi connectivity index (χ4v) is 4.94. The zero-order chi connectivity index (χ0) is 20.8. The van der Waals surface area contributed by atoms with E-state index in [1.165, 1.54) is 44.1 Å². The number of carboxylic acids is 2. The molecule has 4 rings (SSSR count). The van der Waals surface area contributed by atoms with E-state index in [1.54, 1.807) is 0 Å². The molecule has 0 saturated carbocycles. The third-order valence-electron chi connectivity index (χ3n) is 4.45. The molecule has 0 fully saturated rings. The number of likely N-dealkylation sites (N-methyl/N-ethyl adjacent to an activating group) is 1. The third kappa shape index (κ3) is 6.03. The summed E-state index contributed by atoms with van der Waals surface area (Å²) >= 11 is 3.80. The summed E-state index contributed by atoms with van der Waals surface area (Å²) in [5.74, 6) is -1.39. The monoisotopic (exact) mass is 430 g/mol. The van der Waals surface area contributed by atoms with Crippen molar-refractivity contribution in [2.24, 2.45) is 4.99 Å². The summed E-state index contributed by atoms with van der Waals surface area (Å²) in [5, 5.41) is 18.2. The lowest BCUT2D eigenvalue weighted by molar-refractivity contribution is -0.134. The first kappa shape index (κ1) is 21.3. The maximum atomic E-state index is 9.55. The van der Waals surface area contributed by atoms with E-state index in [9.17, 15) is 9.59 Å². The Bertz CT molecular complexity index is 991. The van der Waals surface area contributed by atoms with E-state index >= 15 is 0 Å². The molecule has 0 spiro atoms. The molecular formula is C21H22N2O4S2. The highest BCUT2D eigenvalue weighted by Gasteiger charge is 2.14. The van der Waals surface area contributed by atoms with Crippen LogP contribution in [0.15, 0.2) is 47.5 Å². The number of benzene rings is 1. The van der Waals surface area contributed by atoms with Gasteiger partial charge in [0, 0.05) is 52.7 Å². The van der Waals surface area contributed by atoms with Crippen molar-refractivity contribution in [2.45, 2.75) is 6.42 Å². The van der Waals surface area contributed by atoms with Crippen molar-refractivity contribution in [1.29, 1.82) is 0 Å². The average Bonchev–Trinajstić information content (AvgIpc) is 3.36. The van der Waals surface area contributed by atoms with Crippen molar-refractivity contribution in [3.8, 4) is 0 Å². The molecule has 0 aliphatic carbocycles. The van der Waals surface area contributed by atoms with Crippen LogP contribution in [0, 0.1) is 0 Å². The van der Waals surface area contributed by atoms with Crippen LogP contribution in [0.25, 0.3) is 15.7 Å². The number of nitrogens with zero attached hydrogens (tertiary/aromatic N) is 2. The molecule has 152 valence electrons. The van der Waals surface area contributed by atoms with Gasteiger partial charge in [0.2, 0.25) is 0 Å². The second kappa shape index (κ2) is 9.87. The summed E-state index contributed by atoms with van der Waals surface area (Å²) in [6, 6.07) is 9.15. The first-order valence-electron chi connectivity index (χ1n) is 9.15. The first-order valence-corrected chi connectivity index (χ1v) is 11.0. The second-order valence-electron chi connectivity index (χ2n) is 6.65. The Labute approximate surface area is 177 Å². The number of thiophene rings is 1. The van der Waals surface area contributed by atoms with E-state index in [4.69, 9.17) is 10.2 Å². The SMILES string of the molecule is CN1CC=C(c2cc3cc(C4=NCCS4)ccc3s2)CC1.O=C(O)/C=C\C(=O)O. The average molecular weight is 431 g/mol. The summed E-state index contributed by atoms with van der Waals surface area (Å²) < 4.78 is 1.39. The number of carbonyl (C=O) groups is 2. The van der Waals surface area contributed by atoms with Crippen molar-refractivity contribution in [3.63, 3.8) is 0 Å². The number of aliphatic imine (C=N–C) groups is 1. The molecule has 1 aromatic heterocycles. The summed E-state index contributed by atoms with van der Waals surface area (Å²) in [6.07, 6.45) is 4.66. The van der Waals surface area contributed by atoms with Crippen LogP contribution in [-0.2, 0) is 9.59 Å². The van der Waals surface area contributed by atoms with Crippen molar-refractivity contribution in [2.75, 3.05) is 32.4 Å². The maximum absolute atomic E-state index is 9.55. The van der Waals surface area contributed by atoms with E-state index in [2.05, 4.69) is 47.3 Å². The van der Waals surface area contributed by atoms with Crippen LogP contribution in [0.2, 0.25) is 0 Å². The minimum atomic E-state index is -1.26. The van der Waals surface area contributed by atoms with E-state index in [-0.39, 0.29) is 0 Å². The molecular weight excluding hydrogens is 408 g/mol. The van der Waals surface area contributed by atoms with Gasteiger partial charge in [-0.05, 0) is 42.6 Å². The summed E-state index contributed by atoms with van der Waals surface area (Å²) in [5.41, 5.74) is 2.80. The lowest BCUT2D eigenvalue weighted by Crippen LogP contribution is -2.23. The molecule has 2 aromatic rings. The number of rotatable bonds is 4. The Hall–Kier alpha value is -2.42. The molecule has 1 aromatic carbocycles. The lowest BCUT2D eigenvalue weighted by atomic mass is 10.1. The van der Waals surface area contributed by atoms with Gasteiger partial charge in [0.05, 0.1) is 5.04 Å². The zero-order valence-electron chi connectivity index (χ0n) is 16.0. The highest BCUT2D eigenvalue weighted by Crippen LogP contribution is 2.34. The summed E-state index contributed by atoms with van der Waals surface area (Å²) in [7, 11) is 2.18. The summed E-state index contributed by atoms with van der Waals surface area (Å²) in [4.78, 5) is 27.5. The van der Waals surface area contributed by atoms with Gasteiger partial charge < -0.3 is 15.1 Å². The molecule has 2 N–H and O–H groups in total. The molecule has 2 aliphatic rings. The van der Waals surface area contributed by atoms with Crippen molar-refractivity contribution < 1.29 is 19.8 Å². The van der Waals surface area contributed by atoms with Crippen LogP contribution < -0.4 is 0 Å². The molecule has 3 heterocycles. The molecule has 29 heavy (non-hydrogen) atoms. The van der Waals surface area contributed by atoms with Gasteiger partial charge in [0.15, 0.2) is 0 Å². The van der Waals surface area contributed by atoms with Gasteiger partial charge in [-0.1, -0.05) is 12.1 Å². The minimum Gasteiger partial charge on any atom is -0.478 e. The van der Waals surface area contributed by atoms with Crippen molar-refractivity contribution >= 4 is 55.7 Å². The van der Waals surface area contributed by atoms with Crippen LogP contribution in [0.3, 0.4) is 0 Å². The molecule has 0 unspecified atom stereocenters. The normalized spacial score (nSPS) is 17.0. The maximum Gasteiger partial charge on any atom is 0.328 e. The third-order valence-corrected chi connectivity index (χ3v) is 6.66. The molecule has 0 amide bonds. The standard InChI is InChI=1S/C17H18N2S2.C4H4O4/c1-19-7-4-12(5-8-19)16-11-14-10-13(2-3-15(14)21-16)17-18-6-9-20-17;5-3(6)1-2-4(7)8/h2-4,10-11H,5-9H2,1H3;1-2H,(H,5,6)(H,7,8)/b;2-1-. The minimum absolute atomic E-state index is 0.558. The number of hydrogen-bond acceptors (Lipinski definition) is 6. The number of thioether (sulfide) groups is 1. The topological polar surface area (TPSA) is 90.2 Å². The van der Waals surface area contributed by atoms with Gasteiger partial charge in [-0.15, -0.1) is 23.1 Å². The van der Waals surface area contributed by atoms with Crippen LogP contribution in [0.5, 0.6) is 0 Å². The highest BCUT2D eigenvalue weighted by molar-refractivity contribution is 8.14. The van der Waals surface area contributed by atoms with Gasteiger partial charge in [0.1, 0.15) is 0 Å². The number of aliphatic carboxylic acids is 2. The predicted molar refractivity (Wildman–Crippen MR) is 120 cm³/mol. The molecule has 8 heteroatoms. The van der Waals surface area contributed by atoms with Gasteiger partial charge in [-0.25, -0.2) is 9.59 Å². The fourth-order valence-electron chi connectivity index (χ4n) is 2.98. The molecule has 2 aliphatic heterocycles. The van der Waals surface area contributed by atoms with Crippen LogP contribution in [0.1, 0.15) is 16.9 Å². The molecule has 0 bridgehead atoms. The second-order valence-corrected chi connectivity index (χ2v) is 8.82. The Kier molecular flexibility index (Phi) is 7.24. The van der Waals surface area contributed by atoms with Crippen LogP contribution >= 0.6 is 23.1 Å². The highest BCUT2D eigenvalue weighted by atomic mass is 32.2. The van der Waals surface area contributed by atoms with E-state index < -0.39 is 11.9 Å². The van der Waals surface area contributed by atoms with E-state index in [1.807, 2.05) is 23.1 Å². The van der Waals surface area contributed by atoms with Gasteiger partial charge >= 0.3 is 11.9 Å². The smallest absolute Gasteiger partial charge is 0.328 e. The van der Waals surface area contributed by atoms with Crippen molar-refractivity contribution in [1.82, 2.24) is 4.90 Å². The largest absolute Gasteiger partial charge is 0.478 e. The molecule has 0 radical (unpaired) electrons. The quantitative estimate of drug-likeness (QED) is 0.717. The first-order chi connectivity index (χ1) is 13.9. The van der Waals surface area contributed by atoms with Crippen LogP contribution in [-0.4, -0.2) is 64.5 Å². The molecule has 0 atom stereocenters. The Morgan fingerprint density at radius 3 is 2.52 bits per heavy atom. The number of fused-ring (bicyclic) bond motifs is 1. The Morgan fingerprint density at radius 2 is 1.93 bits per heavy atom. The zero-order valence-corrected chi connectivity index (χ0v) is 17.6. The number of carboxylic acid groups (broad SMARTS) is 2. The fraction of sp³-hybridized carbons (Fsp3) is 0.286. The Balaban J connectivity index is 0.000000258. The van der Waals surface area contributed by atoms with Crippen LogP contribution in [0.4, 0.5) is 0 Å². The summed E-state index contributed by atoms with van der Waals surface area (Å²) in [6.45, 7) is 3.20. The van der Waals surface area contributed by atoms with E-state index in [0.29, 0.717) is 12.2 Å². The van der Waals surface area contributed by atoms with Gasteiger partial charge in [0.25, 0.3) is 0 Å². The van der Waals surface area contributed by atoms with Gasteiger partial charge in [-0.2, -0.15) is 0 Å². The molecule has 6 nitrogen and oxygen atoms in total. The number of hydrogen-bond donors (Lipinski definition) is 2. The predicted octanol–water partition coefficient (Wildman–Crippen LogP) is 3.83. The van der Waals surface area contributed by atoms with Gasteiger partial charge in [-0.3, -0.25) is 4.99 Å². The lowest BCUT2D eigenvalue weighted by Gasteiger charge is -2.21. The van der Waals surface area contributed by atoms with Crippen molar-refractivity contribution in [3.05, 3.63) is 52.9 Å². The van der Waals surface area contributed by atoms with E-state index in [0.717, 1.165) is 18.8 Å².